The van der Waals surface area contributed by atoms with Crippen LogP contribution >= 0.6 is 23.4 Å². The number of oxime groups is 1. The number of rotatable bonds is 6. The number of Topliss-reactive ketones (excluding diaryl/α,β-unsaturated/α-hetero) is 1. The summed E-state index contributed by atoms with van der Waals surface area (Å²) in [5.41, 5.74) is 0.478. The summed E-state index contributed by atoms with van der Waals surface area (Å²) in [7, 11) is 0. The van der Waals surface area contributed by atoms with Gasteiger partial charge in [-0.2, -0.15) is 0 Å². The second kappa shape index (κ2) is 9.33. The predicted octanol–water partition coefficient (Wildman–Crippen LogP) is 5.17. The van der Waals surface area contributed by atoms with Crippen LogP contribution in [0.2, 0.25) is 5.02 Å². The van der Waals surface area contributed by atoms with Gasteiger partial charge in [0, 0.05) is 15.5 Å². The quantitative estimate of drug-likeness (QED) is 0.454. The summed E-state index contributed by atoms with van der Waals surface area (Å²) in [6.07, 6.45) is 0. The largest absolute Gasteiger partial charge is 0.359 e. The Hall–Kier alpha value is -2.15. The molecule has 0 saturated heterocycles. The number of ketones is 1. The first-order valence-electron chi connectivity index (χ1n) is 9.93. The van der Waals surface area contributed by atoms with Crippen LogP contribution in [-0.4, -0.2) is 40.7 Å². The van der Waals surface area contributed by atoms with E-state index in [2.05, 4.69) is 5.16 Å². The smallest absolute Gasteiger partial charge is 0.315 e. The minimum Gasteiger partial charge on any atom is -0.315 e. The fourth-order valence-electron chi connectivity index (χ4n) is 3.69. The summed E-state index contributed by atoms with van der Waals surface area (Å²) < 4.78 is 0. The molecule has 30 heavy (non-hydrogen) atoms. The molecular formula is C23H25ClN2O3S. The van der Waals surface area contributed by atoms with E-state index in [0.717, 1.165) is 10.5 Å². The molecule has 0 aromatic heterocycles. The van der Waals surface area contributed by atoms with Gasteiger partial charge in [-0.05, 0) is 50.7 Å². The number of likely N-dealkylation sites (N-methyl/N-ethyl adjacent to an activating group) is 1. The SMILES string of the molecule is CCN(CC)C(C)(C(=O)O/N=C1/C(=O)c2cc(Cl)ccc2SC1C)c1ccccc1. The molecule has 0 fully saturated rings. The van der Waals surface area contributed by atoms with Crippen molar-refractivity contribution in [2.24, 2.45) is 5.16 Å². The first-order chi connectivity index (χ1) is 14.3. The Kier molecular flexibility index (Phi) is 7.01. The van der Waals surface area contributed by atoms with E-state index in [1.165, 1.54) is 11.8 Å². The van der Waals surface area contributed by atoms with E-state index in [4.69, 9.17) is 16.4 Å². The van der Waals surface area contributed by atoms with Crippen molar-refractivity contribution in [2.45, 2.75) is 43.4 Å². The Morgan fingerprint density at radius 3 is 2.50 bits per heavy atom. The summed E-state index contributed by atoms with van der Waals surface area (Å²) in [4.78, 5) is 34.5. The Balaban J connectivity index is 1.93. The summed E-state index contributed by atoms with van der Waals surface area (Å²) in [5.74, 6) is -0.789. The first kappa shape index (κ1) is 22.5. The van der Waals surface area contributed by atoms with Gasteiger partial charge in [0.2, 0.25) is 5.78 Å². The summed E-state index contributed by atoms with van der Waals surface area (Å²) in [5, 5.41) is 4.28. The number of carbonyl (C=O) groups excluding carboxylic acids is 2. The molecule has 5 nitrogen and oxygen atoms in total. The third kappa shape index (κ3) is 4.17. The number of carbonyl (C=O) groups is 2. The van der Waals surface area contributed by atoms with Crippen molar-refractivity contribution < 1.29 is 14.4 Å². The average Bonchev–Trinajstić information content (AvgIpc) is 2.75. The van der Waals surface area contributed by atoms with E-state index in [-0.39, 0.29) is 16.7 Å². The lowest BCUT2D eigenvalue weighted by molar-refractivity contribution is -0.158. The Morgan fingerprint density at radius 2 is 1.87 bits per heavy atom. The van der Waals surface area contributed by atoms with E-state index in [0.29, 0.717) is 23.7 Å². The number of fused-ring (bicyclic) bond motifs is 1. The lowest BCUT2D eigenvalue weighted by Crippen LogP contribution is -2.50. The van der Waals surface area contributed by atoms with Crippen molar-refractivity contribution in [2.75, 3.05) is 13.1 Å². The van der Waals surface area contributed by atoms with E-state index in [1.807, 2.05) is 69.0 Å². The minimum absolute atomic E-state index is 0.207. The zero-order chi connectivity index (χ0) is 21.9. The Morgan fingerprint density at radius 1 is 1.20 bits per heavy atom. The highest BCUT2D eigenvalue weighted by Gasteiger charge is 2.42. The van der Waals surface area contributed by atoms with Crippen LogP contribution in [0.5, 0.6) is 0 Å². The fourth-order valence-corrected chi connectivity index (χ4v) is 4.93. The van der Waals surface area contributed by atoms with Crippen molar-refractivity contribution in [1.82, 2.24) is 4.90 Å². The molecule has 7 heteroatoms. The third-order valence-corrected chi connectivity index (χ3v) is 6.89. The van der Waals surface area contributed by atoms with Crippen LogP contribution in [0.4, 0.5) is 0 Å². The van der Waals surface area contributed by atoms with Gasteiger partial charge >= 0.3 is 5.97 Å². The minimum atomic E-state index is -1.02. The highest BCUT2D eigenvalue weighted by molar-refractivity contribution is 8.01. The van der Waals surface area contributed by atoms with Crippen molar-refractivity contribution in [3.05, 3.63) is 64.7 Å². The molecule has 3 rings (SSSR count). The number of benzene rings is 2. The van der Waals surface area contributed by atoms with E-state index in [9.17, 15) is 9.59 Å². The molecule has 1 aliphatic heterocycles. The van der Waals surface area contributed by atoms with Gasteiger partial charge in [-0.25, -0.2) is 4.79 Å². The normalized spacial score (nSPS) is 19.5. The van der Waals surface area contributed by atoms with Crippen LogP contribution in [0.25, 0.3) is 0 Å². The van der Waals surface area contributed by atoms with Gasteiger partial charge in [0.05, 0.1) is 5.25 Å². The standard InChI is InChI=1S/C23H25ClN2O3S/c1-5-26(6-2)23(4,16-10-8-7-9-11-16)22(28)29-25-20-15(3)30-19-13-12-17(24)14-18(19)21(20)27/h7-15H,5-6H2,1-4H3/b25-20+. The molecule has 2 atom stereocenters. The molecule has 0 N–H and O–H groups in total. The first-order valence-corrected chi connectivity index (χ1v) is 11.2. The van der Waals surface area contributed by atoms with Gasteiger partial charge in [0.25, 0.3) is 0 Å². The summed E-state index contributed by atoms with van der Waals surface area (Å²) in [6.45, 7) is 9.00. The van der Waals surface area contributed by atoms with Crippen LogP contribution in [-0.2, 0) is 15.2 Å². The third-order valence-electron chi connectivity index (χ3n) is 5.46. The second-order valence-corrected chi connectivity index (χ2v) is 9.01. The van der Waals surface area contributed by atoms with Crippen molar-refractivity contribution in [3.8, 4) is 0 Å². The molecule has 2 aromatic carbocycles. The van der Waals surface area contributed by atoms with Crippen LogP contribution < -0.4 is 0 Å². The van der Waals surface area contributed by atoms with Gasteiger partial charge < -0.3 is 4.84 Å². The summed E-state index contributed by atoms with van der Waals surface area (Å²) in [6, 6.07) is 14.7. The fraction of sp³-hybridized carbons (Fsp3) is 0.348. The van der Waals surface area contributed by atoms with Crippen molar-refractivity contribution in [3.63, 3.8) is 0 Å². The molecule has 158 valence electrons. The molecule has 0 aliphatic carbocycles. The van der Waals surface area contributed by atoms with Gasteiger partial charge in [-0.3, -0.25) is 9.69 Å². The lowest BCUT2D eigenvalue weighted by atomic mass is 9.90. The molecule has 0 radical (unpaired) electrons. The van der Waals surface area contributed by atoms with Crippen LogP contribution in [0, 0.1) is 0 Å². The molecule has 2 aromatic rings. The van der Waals surface area contributed by atoms with Gasteiger partial charge in [0.1, 0.15) is 11.3 Å². The number of halogens is 1. The molecule has 0 amide bonds. The monoisotopic (exact) mass is 444 g/mol. The molecule has 1 heterocycles. The predicted molar refractivity (Wildman–Crippen MR) is 121 cm³/mol. The maximum Gasteiger partial charge on any atom is 0.359 e. The Labute approximate surface area is 186 Å². The number of nitrogens with zero attached hydrogens (tertiary/aromatic N) is 2. The van der Waals surface area contributed by atoms with Crippen molar-refractivity contribution in [1.29, 1.82) is 0 Å². The van der Waals surface area contributed by atoms with E-state index in [1.54, 1.807) is 12.1 Å². The topological polar surface area (TPSA) is 59.0 Å². The highest BCUT2D eigenvalue weighted by Crippen LogP contribution is 2.36. The number of hydrogen-bond acceptors (Lipinski definition) is 6. The average molecular weight is 445 g/mol. The van der Waals surface area contributed by atoms with Crippen molar-refractivity contribution >= 4 is 40.8 Å². The van der Waals surface area contributed by atoms with Crippen LogP contribution in [0.3, 0.4) is 0 Å². The molecule has 2 unspecified atom stereocenters. The zero-order valence-corrected chi connectivity index (χ0v) is 19.1. The summed E-state index contributed by atoms with van der Waals surface area (Å²) >= 11 is 7.55. The Bertz CT molecular complexity index is 976. The van der Waals surface area contributed by atoms with Gasteiger partial charge in [-0.15, -0.1) is 11.8 Å². The van der Waals surface area contributed by atoms with E-state index < -0.39 is 11.5 Å². The molecule has 0 saturated carbocycles. The molecular weight excluding hydrogens is 420 g/mol. The molecule has 0 spiro atoms. The number of hydrogen-bond donors (Lipinski definition) is 0. The number of thioether (sulfide) groups is 1. The van der Waals surface area contributed by atoms with E-state index >= 15 is 0 Å². The zero-order valence-electron chi connectivity index (χ0n) is 17.5. The maximum atomic E-state index is 13.3. The second-order valence-electron chi connectivity index (χ2n) is 7.20. The highest BCUT2D eigenvalue weighted by atomic mass is 35.5. The molecule has 1 aliphatic rings. The molecule has 0 bridgehead atoms. The van der Waals surface area contributed by atoms with Gasteiger partial charge in [0.15, 0.2) is 0 Å². The maximum absolute atomic E-state index is 13.3. The van der Waals surface area contributed by atoms with Crippen LogP contribution in [0.15, 0.2) is 58.6 Å². The lowest BCUT2D eigenvalue weighted by Gasteiger charge is -2.37. The van der Waals surface area contributed by atoms with Gasteiger partial charge in [-0.1, -0.05) is 60.9 Å². The van der Waals surface area contributed by atoms with Crippen LogP contribution in [0.1, 0.15) is 43.6 Å².